The van der Waals surface area contributed by atoms with Crippen molar-refractivity contribution in [3.05, 3.63) is 86.0 Å². The molecule has 0 heterocycles. The highest BCUT2D eigenvalue weighted by atomic mass is 31.2. The van der Waals surface area contributed by atoms with E-state index in [1.54, 1.807) is 60.7 Å². The molecular formula is C22H26NO6P. The van der Waals surface area contributed by atoms with Crippen molar-refractivity contribution in [3.8, 4) is 11.5 Å². The average molecular weight is 431 g/mol. The van der Waals surface area contributed by atoms with Crippen molar-refractivity contribution in [2.45, 2.75) is 18.7 Å². The van der Waals surface area contributed by atoms with Gasteiger partial charge in [-0.1, -0.05) is 49.1 Å². The first kappa shape index (κ1) is 23.4. The van der Waals surface area contributed by atoms with Gasteiger partial charge in [-0.15, -0.1) is 11.2 Å². The van der Waals surface area contributed by atoms with Crippen LogP contribution in [-0.4, -0.2) is 37.1 Å². The number of carbonyl (C=O) groups is 1. The molecule has 0 saturated heterocycles. The number of ether oxygens (including phenoxy) is 2. The lowest BCUT2D eigenvalue weighted by atomic mass is 10.2. The Morgan fingerprint density at radius 1 is 1.00 bits per heavy atom. The average Bonchev–Trinajstić information content (AvgIpc) is 2.77. The molecule has 0 bridgehead atoms. The predicted molar refractivity (Wildman–Crippen MR) is 115 cm³/mol. The lowest BCUT2D eigenvalue weighted by Crippen LogP contribution is -2.47. The maximum Gasteiger partial charge on any atom is 0.518 e. The van der Waals surface area contributed by atoms with Crippen LogP contribution in [0.3, 0.4) is 0 Å². The number of hydrogen-bond donors (Lipinski definition) is 0. The highest BCUT2D eigenvalue weighted by molar-refractivity contribution is 7.52. The van der Waals surface area contributed by atoms with Gasteiger partial charge in [0.25, 0.3) is 0 Å². The Morgan fingerprint density at radius 3 is 1.87 bits per heavy atom. The molecule has 0 saturated carbocycles. The molecule has 0 spiro atoms. The van der Waals surface area contributed by atoms with Crippen LogP contribution < -0.4 is 9.05 Å². The zero-order valence-corrected chi connectivity index (χ0v) is 17.9. The van der Waals surface area contributed by atoms with Crippen LogP contribution in [0.25, 0.3) is 0 Å². The van der Waals surface area contributed by atoms with Crippen molar-refractivity contribution in [1.82, 2.24) is 4.67 Å². The van der Waals surface area contributed by atoms with Crippen LogP contribution in [0.1, 0.15) is 6.42 Å². The zero-order chi connectivity index (χ0) is 22.0. The van der Waals surface area contributed by atoms with Gasteiger partial charge >= 0.3 is 13.7 Å². The number of esters is 1. The van der Waals surface area contributed by atoms with Crippen molar-refractivity contribution in [2.24, 2.45) is 0 Å². The molecular weight excluding hydrogens is 405 g/mol. The van der Waals surface area contributed by atoms with Crippen LogP contribution in [0.15, 0.2) is 86.0 Å². The summed E-state index contributed by atoms with van der Waals surface area (Å²) in [6.07, 6.45) is 2.04. The van der Waals surface area contributed by atoms with Gasteiger partial charge in [0.05, 0.1) is 7.11 Å². The van der Waals surface area contributed by atoms with Gasteiger partial charge < -0.3 is 18.5 Å². The summed E-state index contributed by atoms with van der Waals surface area (Å²) in [5.74, 6) is -0.0573. The molecule has 160 valence electrons. The molecule has 7 nitrogen and oxygen atoms in total. The minimum atomic E-state index is -4.23. The number of benzene rings is 2. The van der Waals surface area contributed by atoms with E-state index in [0.717, 1.165) is 0 Å². The summed E-state index contributed by atoms with van der Waals surface area (Å²) in [4.78, 5) is 12.6. The molecule has 8 heteroatoms. The third kappa shape index (κ3) is 5.83. The van der Waals surface area contributed by atoms with E-state index in [-0.39, 0.29) is 6.42 Å². The van der Waals surface area contributed by atoms with E-state index >= 15 is 0 Å². The molecule has 2 rings (SSSR count). The van der Waals surface area contributed by atoms with Crippen molar-refractivity contribution < 1.29 is 27.9 Å². The second-order valence-corrected chi connectivity index (χ2v) is 7.85. The largest absolute Gasteiger partial charge is 0.518 e. The van der Waals surface area contributed by atoms with E-state index < -0.39 is 26.0 Å². The quantitative estimate of drug-likeness (QED) is 0.206. The highest BCUT2D eigenvalue weighted by Crippen LogP contribution is 2.55. The second kappa shape index (κ2) is 11.4. The number of carbonyl (C=O) groups excluding carboxylic acids is 1. The predicted octanol–water partition coefficient (Wildman–Crippen LogP) is 4.83. The smallest absolute Gasteiger partial charge is 0.468 e. The van der Waals surface area contributed by atoms with Gasteiger partial charge in [-0.2, -0.15) is 0 Å². The lowest BCUT2D eigenvalue weighted by molar-refractivity contribution is -0.148. The van der Waals surface area contributed by atoms with E-state index in [9.17, 15) is 9.36 Å². The van der Waals surface area contributed by atoms with Gasteiger partial charge in [0.2, 0.25) is 0 Å². The topological polar surface area (TPSA) is 74.3 Å². The lowest BCUT2D eigenvalue weighted by Gasteiger charge is -2.37. The molecule has 0 aliphatic rings. The first-order chi connectivity index (χ1) is 14.5. The molecule has 0 radical (unpaired) electrons. The summed E-state index contributed by atoms with van der Waals surface area (Å²) in [7, 11) is -1.58. The van der Waals surface area contributed by atoms with E-state index in [1.165, 1.54) is 31.0 Å². The van der Waals surface area contributed by atoms with Crippen LogP contribution in [0.4, 0.5) is 0 Å². The Balaban J connectivity index is 2.62. The van der Waals surface area contributed by atoms with Crippen LogP contribution >= 0.6 is 7.75 Å². The van der Waals surface area contributed by atoms with Crippen LogP contribution in [-0.2, 0) is 18.8 Å². The van der Waals surface area contributed by atoms with Crippen molar-refractivity contribution >= 4 is 13.7 Å². The second-order valence-electron chi connectivity index (χ2n) is 6.08. The van der Waals surface area contributed by atoms with Crippen molar-refractivity contribution in [3.63, 3.8) is 0 Å². The Morgan fingerprint density at radius 2 is 1.50 bits per heavy atom. The minimum Gasteiger partial charge on any atom is -0.468 e. The summed E-state index contributed by atoms with van der Waals surface area (Å²) < 4.78 is 37.6. The maximum atomic E-state index is 14.3. The molecule has 2 atom stereocenters. The summed E-state index contributed by atoms with van der Waals surface area (Å²) >= 11 is 0. The maximum absolute atomic E-state index is 14.3. The van der Waals surface area contributed by atoms with E-state index in [2.05, 4.69) is 13.2 Å². The van der Waals surface area contributed by atoms with Crippen LogP contribution in [0.2, 0.25) is 0 Å². The fraction of sp³-hybridized carbons (Fsp3) is 0.227. The van der Waals surface area contributed by atoms with Gasteiger partial charge in [-0.05, 0) is 36.8 Å². The normalized spacial score (nSPS) is 13.2. The third-order valence-corrected chi connectivity index (χ3v) is 6.05. The number of para-hydroxylation sites is 2. The van der Waals surface area contributed by atoms with Crippen LogP contribution in [0.5, 0.6) is 11.5 Å². The van der Waals surface area contributed by atoms with Crippen molar-refractivity contribution in [2.75, 3.05) is 14.2 Å². The van der Waals surface area contributed by atoms with Gasteiger partial charge in [-0.3, -0.25) is 4.79 Å². The SMILES string of the molecule is C=CCC(C(=O)OC)N(C(C=C)OC)P(=O)(Oc1ccccc1)Oc1ccccc1. The molecule has 0 aliphatic heterocycles. The van der Waals surface area contributed by atoms with Crippen LogP contribution in [0, 0.1) is 0 Å². The van der Waals surface area contributed by atoms with Gasteiger partial charge in [0.1, 0.15) is 23.8 Å². The zero-order valence-electron chi connectivity index (χ0n) is 17.0. The molecule has 2 unspecified atom stereocenters. The fourth-order valence-electron chi connectivity index (χ4n) is 2.75. The first-order valence-electron chi connectivity index (χ1n) is 9.21. The fourth-order valence-corrected chi connectivity index (χ4v) is 4.75. The standard InChI is InChI=1S/C22H26NO6P/c1-5-13-20(22(24)27-4)23(21(6-2)26-3)30(25,28-18-14-9-7-10-15-18)29-19-16-11-8-12-17-19/h5-12,14-17,20-21H,1-2,13H2,3-4H3. The highest BCUT2D eigenvalue weighted by Gasteiger charge is 2.48. The molecule has 0 amide bonds. The van der Waals surface area contributed by atoms with E-state index in [1.807, 2.05) is 0 Å². The van der Waals surface area contributed by atoms with Gasteiger partial charge in [0.15, 0.2) is 0 Å². The van der Waals surface area contributed by atoms with Crippen molar-refractivity contribution in [1.29, 1.82) is 0 Å². The monoisotopic (exact) mass is 431 g/mol. The Bertz CT molecular complexity index is 828. The Kier molecular flexibility index (Phi) is 8.87. The summed E-state index contributed by atoms with van der Waals surface area (Å²) in [5.41, 5.74) is 0. The van der Waals surface area contributed by atoms with E-state index in [0.29, 0.717) is 11.5 Å². The Labute approximate surface area is 177 Å². The molecule has 0 fully saturated rings. The molecule has 0 N–H and O–H groups in total. The van der Waals surface area contributed by atoms with Gasteiger partial charge in [-0.25, -0.2) is 4.57 Å². The minimum absolute atomic E-state index is 0.112. The number of nitrogens with zero attached hydrogens (tertiary/aromatic N) is 1. The summed E-state index contributed by atoms with van der Waals surface area (Å²) in [5, 5.41) is 0. The number of hydrogen-bond acceptors (Lipinski definition) is 6. The molecule has 30 heavy (non-hydrogen) atoms. The van der Waals surface area contributed by atoms with Gasteiger partial charge in [0, 0.05) is 7.11 Å². The summed E-state index contributed by atoms with van der Waals surface area (Å²) in [6, 6.07) is 16.0. The number of rotatable bonds is 12. The van der Waals surface area contributed by atoms with E-state index in [4.69, 9.17) is 18.5 Å². The summed E-state index contributed by atoms with van der Waals surface area (Å²) in [6.45, 7) is 7.42. The molecule has 0 aliphatic carbocycles. The molecule has 0 aromatic heterocycles. The number of methoxy groups -OCH3 is 2. The molecule has 2 aromatic carbocycles. The third-order valence-electron chi connectivity index (χ3n) is 4.10. The molecule has 2 aromatic rings. The first-order valence-corrected chi connectivity index (χ1v) is 10.7. The Hall–Kier alpha value is -2.86.